The number of hydrogen-bond acceptors (Lipinski definition) is 1. The molecule has 2 aromatic carbocycles. The normalized spacial score (nSPS) is 11.0. The summed E-state index contributed by atoms with van der Waals surface area (Å²) < 4.78 is 0. The Morgan fingerprint density at radius 1 is 0.882 bits per heavy atom. The zero-order valence-electron chi connectivity index (χ0n) is 10.6. The van der Waals surface area contributed by atoms with E-state index in [1.165, 1.54) is 16.7 Å². The van der Waals surface area contributed by atoms with Crippen LogP contribution in [0.2, 0.25) is 0 Å². The minimum absolute atomic E-state index is 1.08. The van der Waals surface area contributed by atoms with Crippen LogP contribution < -0.4 is 0 Å². The fourth-order valence-electron chi connectivity index (χ4n) is 1.90. The van der Waals surface area contributed by atoms with Crippen LogP contribution >= 0.6 is 0 Å². The van der Waals surface area contributed by atoms with Crippen LogP contribution in [-0.2, 0) is 0 Å². The van der Waals surface area contributed by atoms with Gasteiger partial charge >= 0.3 is 0 Å². The van der Waals surface area contributed by atoms with Crippen LogP contribution in [-0.4, -0.2) is 6.21 Å². The Kier molecular flexibility index (Phi) is 3.38. The summed E-state index contributed by atoms with van der Waals surface area (Å²) in [6.07, 6.45) is 1.93. The van der Waals surface area contributed by atoms with Gasteiger partial charge in [0.1, 0.15) is 0 Å². The molecule has 0 aromatic heterocycles. The van der Waals surface area contributed by atoms with Gasteiger partial charge in [-0.05, 0) is 37.5 Å². The fourth-order valence-corrected chi connectivity index (χ4v) is 1.90. The van der Waals surface area contributed by atoms with E-state index in [1.54, 1.807) is 0 Å². The standard InChI is InChI=1S/C16H17N/c1-12-6-4-9-15(10-12)11-17-16-13(2)7-5-8-14(16)3/h4-11H,1-3H3. The van der Waals surface area contributed by atoms with Crippen LogP contribution in [0, 0.1) is 20.8 Å². The monoisotopic (exact) mass is 223 g/mol. The van der Waals surface area contributed by atoms with Gasteiger partial charge in [0.25, 0.3) is 0 Å². The molecule has 0 aliphatic heterocycles. The van der Waals surface area contributed by atoms with Gasteiger partial charge in [-0.25, -0.2) is 0 Å². The van der Waals surface area contributed by atoms with E-state index in [2.05, 4.69) is 68.2 Å². The number of aliphatic imine (C=N–C) groups is 1. The van der Waals surface area contributed by atoms with E-state index in [1.807, 2.05) is 6.21 Å². The van der Waals surface area contributed by atoms with Crippen molar-refractivity contribution >= 4 is 11.9 Å². The summed E-state index contributed by atoms with van der Waals surface area (Å²) in [6.45, 7) is 6.28. The lowest BCUT2D eigenvalue weighted by atomic mass is 10.1. The second-order valence-corrected chi connectivity index (χ2v) is 4.41. The minimum atomic E-state index is 1.08. The van der Waals surface area contributed by atoms with Crippen LogP contribution in [0.1, 0.15) is 22.3 Å². The zero-order valence-corrected chi connectivity index (χ0v) is 10.6. The van der Waals surface area contributed by atoms with Gasteiger partial charge in [0.05, 0.1) is 5.69 Å². The molecule has 0 saturated heterocycles. The van der Waals surface area contributed by atoms with Crippen molar-refractivity contribution in [1.82, 2.24) is 0 Å². The Morgan fingerprint density at radius 2 is 1.53 bits per heavy atom. The molecule has 1 heteroatoms. The number of aryl methyl sites for hydroxylation is 3. The largest absolute Gasteiger partial charge is 0.256 e. The van der Waals surface area contributed by atoms with Crippen molar-refractivity contribution in [2.75, 3.05) is 0 Å². The number of para-hydroxylation sites is 1. The van der Waals surface area contributed by atoms with Crippen molar-refractivity contribution in [3.05, 3.63) is 64.7 Å². The summed E-state index contributed by atoms with van der Waals surface area (Å²) in [6, 6.07) is 14.6. The van der Waals surface area contributed by atoms with E-state index in [0.717, 1.165) is 11.3 Å². The maximum atomic E-state index is 4.59. The molecule has 0 heterocycles. The number of nitrogens with zero attached hydrogens (tertiary/aromatic N) is 1. The molecule has 17 heavy (non-hydrogen) atoms. The molecule has 2 aromatic rings. The van der Waals surface area contributed by atoms with E-state index >= 15 is 0 Å². The third-order valence-corrected chi connectivity index (χ3v) is 2.82. The van der Waals surface area contributed by atoms with E-state index in [0.29, 0.717) is 0 Å². The zero-order chi connectivity index (χ0) is 12.3. The van der Waals surface area contributed by atoms with E-state index in [-0.39, 0.29) is 0 Å². The second-order valence-electron chi connectivity index (χ2n) is 4.41. The summed E-state index contributed by atoms with van der Waals surface area (Å²) in [4.78, 5) is 4.59. The van der Waals surface area contributed by atoms with Crippen molar-refractivity contribution in [1.29, 1.82) is 0 Å². The molecule has 0 fully saturated rings. The first-order chi connectivity index (χ1) is 8.16. The van der Waals surface area contributed by atoms with Gasteiger partial charge in [0.2, 0.25) is 0 Å². The van der Waals surface area contributed by atoms with Crippen molar-refractivity contribution in [3.8, 4) is 0 Å². The Morgan fingerprint density at radius 3 is 2.18 bits per heavy atom. The Balaban J connectivity index is 2.32. The summed E-state index contributed by atoms with van der Waals surface area (Å²) in [5.74, 6) is 0. The molecule has 0 aliphatic rings. The maximum Gasteiger partial charge on any atom is 0.0688 e. The first-order valence-electron chi connectivity index (χ1n) is 5.84. The predicted octanol–water partition coefficient (Wildman–Crippen LogP) is 4.36. The lowest BCUT2D eigenvalue weighted by Gasteiger charge is -2.03. The minimum Gasteiger partial charge on any atom is -0.256 e. The molecule has 0 aliphatic carbocycles. The second kappa shape index (κ2) is 4.96. The Hall–Kier alpha value is -1.89. The third kappa shape index (κ3) is 2.82. The van der Waals surface area contributed by atoms with E-state index in [9.17, 15) is 0 Å². The summed E-state index contributed by atoms with van der Waals surface area (Å²) in [5.41, 5.74) is 5.92. The Labute approximate surface area is 103 Å². The fraction of sp³-hybridized carbons (Fsp3) is 0.188. The highest BCUT2D eigenvalue weighted by Crippen LogP contribution is 2.22. The number of benzene rings is 2. The van der Waals surface area contributed by atoms with Crippen LogP contribution in [0.25, 0.3) is 0 Å². The van der Waals surface area contributed by atoms with Gasteiger partial charge in [-0.2, -0.15) is 0 Å². The lowest BCUT2D eigenvalue weighted by molar-refractivity contribution is 1.33. The molecule has 0 radical (unpaired) electrons. The van der Waals surface area contributed by atoms with Gasteiger partial charge in [0, 0.05) is 6.21 Å². The first-order valence-corrected chi connectivity index (χ1v) is 5.84. The highest BCUT2D eigenvalue weighted by molar-refractivity contribution is 5.82. The molecule has 0 spiro atoms. The molecule has 86 valence electrons. The van der Waals surface area contributed by atoms with E-state index < -0.39 is 0 Å². The molecular weight excluding hydrogens is 206 g/mol. The van der Waals surface area contributed by atoms with Crippen molar-refractivity contribution in [3.63, 3.8) is 0 Å². The van der Waals surface area contributed by atoms with Crippen LogP contribution in [0.3, 0.4) is 0 Å². The van der Waals surface area contributed by atoms with Crippen molar-refractivity contribution < 1.29 is 0 Å². The highest BCUT2D eigenvalue weighted by atomic mass is 14.7. The van der Waals surface area contributed by atoms with Gasteiger partial charge in [-0.15, -0.1) is 0 Å². The average molecular weight is 223 g/mol. The summed E-state index contributed by atoms with van der Waals surface area (Å²) in [5, 5.41) is 0. The summed E-state index contributed by atoms with van der Waals surface area (Å²) >= 11 is 0. The molecule has 2 rings (SSSR count). The van der Waals surface area contributed by atoms with Crippen LogP contribution in [0.4, 0.5) is 5.69 Å². The topological polar surface area (TPSA) is 12.4 Å². The molecular formula is C16H17N. The molecule has 0 amide bonds. The number of hydrogen-bond donors (Lipinski definition) is 0. The number of rotatable bonds is 2. The lowest BCUT2D eigenvalue weighted by Crippen LogP contribution is -1.84. The molecule has 0 atom stereocenters. The predicted molar refractivity (Wildman–Crippen MR) is 74.3 cm³/mol. The highest BCUT2D eigenvalue weighted by Gasteiger charge is 1.98. The average Bonchev–Trinajstić information content (AvgIpc) is 2.28. The smallest absolute Gasteiger partial charge is 0.0688 e. The van der Waals surface area contributed by atoms with Crippen molar-refractivity contribution in [2.24, 2.45) is 4.99 Å². The van der Waals surface area contributed by atoms with Gasteiger partial charge in [0.15, 0.2) is 0 Å². The first kappa shape index (κ1) is 11.6. The quantitative estimate of drug-likeness (QED) is 0.671. The maximum absolute atomic E-state index is 4.59. The van der Waals surface area contributed by atoms with Crippen molar-refractivity contribution in [2.45, 2.75) is 20.8 Å². The van der Waals surface area contributed by atoms with Crippen LogP contribution in [0.15, 0.2) is 47.5 Å². The molecule has 0 unspecified atom stereocenters. The molecule has 0 saturated carbocycles. The Bertz CT molecular complexity index is 533. The third-order valence-electron chi connectivity index (χ3n) is 2.82. The summed E-state index contributed by atoms with van der Waals surface area (Å²) in [7, 11) is 0. The van der Waals surface area contributed by atoms with E-state index in [4.69, 9.17) is 0 Å². The van der Waals surface area contributed by atoms with Gasteiger partial charge in [-0.3, -0.25) is 4.99 Å². The SMILES string of the molecule is Cc1cccc(C=Nc2c(C)cccc2C)c1. The molecule has 1 nitrogen and oxygen atoms in total. The van der Waals surface area contributed by atoms with Gasteiger partial charge in [-0.1, -0.05) is 48.0 Å². The molecule has 0 bridgehead atoms. The molecule has 0 N–H and O–H groups in total. The van der Waals surface area contributed by atoms with Crippen LogP contribution in [0.5, 0.6) is 0 Å². The van der Waals surface area contributed by atoms with Gasteiger partial charge < -0.3 is 0 Å².